The van der Waals surface area contributed by atoms with Gasteiger partial charge in [-0.25, -0.2) is 0 Å². The zero-order valence-corrected chi connectivity index (χ0v) is 20.2. The monoisotopic (exact) mass is 466 g/mol. The number of thioether (sulfide) groups is 1. The largest absolute Gasteiger partial charge is 0.352 e. The zero-order chi connectivity index (χ0) is 23.1. The molecule has 4 N–H and O–H groups in total. The van der Waals surface area contributed by atoms with Crippen molar-refractivity contribution in [2.24, 2.45) is 5.73 Å². The maximum atomic E-state index is 13.0. The van der Waals surface area contributed by atoms with E-state index in [2.05, 4.69) is 10.6 Å². The fourth-order valence-electron chi connectivity index (χ4n) is 2.59. The van der Waals surface area contributed by atoms with Crippen LogP contribution in [0.2, 0.25) is 0 Å². The van der Waals surface area contributed by atoms with E-state index in [0.717, 1.165) is 12.0 Å². The zero-order valence-electron chi connectivity index (χ0n) is 18.6. The number of hydrogen-bond donors (Lipinski definition) is 3. The molecule has 9 heteroatoms. The number of rotatable bonds is 14. The number of nitrogens with one attached hydrogen (secondary N) is 2. The van der Waals surface area contributed by atoms with Crippen molar-refractivity contribution < 1.29 is 14.4 Å². The number of nitrogens with two attached hydrogens (primary N) is 1. The number of likely N-dealkylation sites (N-methyl/N-ethyl adjacent to an activating group) is 1. The molecule has 1 rings (SSSR count). The third kappa shape index (κ3) is 11.8. The lowest BCUT2D eigenvalue weighted by molar-refractivity contribution is -0.134. The van der Waals surface area contributed by atoms with Crippen LogP contribution >= 0.6 is 23.1 Å². The van der Waals surface area contributed by atoms with Gasteiger partial charge in [0, 0.05) is 44.9 Å². The summed E-state index contributed by atoms with van der Waals surface area (Å²) in [6.45, 7) is 5.40. The summed E-state index contributed by atoms with van der Waals surface area (Å²) in [7, 11) is 1.77. The number of nitrogens with zero attached hydrogens (tertiary/aromatic N) is 1. The highest BCUT2D eigenvalue weighted by Crippen LogP contribution is 2.11. The molecule has 0 spiro atoms. The van der Waals surface area contributed by atoms with Gasteiger partial charge >= 0.3 is 0 Å². The van der Waals surface area contributed by atoms with E-state index in [-0.39, 0.29) is 23.5 Å². The van der Waals surface area contributed by atoms with Crippen molar-refractivity contribution in [3.8, 4) is 0 Å². The van der Waals surface area contributed by atoms with E-state index in [9.17, 15) is 14.4 Å². The molecule has 0 aromatic carbocycles. The average Bonchev–Trinajstić information content (AvgIpc) is 3.27. The van der Waals surface area contributed by atoms with Gasteiger partial charge in [-0.05, 0) is 42.7 Å². The predicted molar refractivity (Wildman–Crippen MR) is 130 cm³/mol. The highest BCUT2D eigenvalue weighted by Gasteiger charge is 2.24. The van der Waals surface area contributed by atoms with Gasteiger partial charge in [0.05, 0.1) is 5.75 Å². The molecule has 1 aromatic heterocycles. The van der Waals surface area contributed by atoms with Gasteiger partial charge < -0.3 is 21.3 Å². The van der Waals surface area contributed by atoms with Gasteiger partial charge in [-0.15, -0.1) is 0 Å². The minimum absolute atomic E-state index is 0.0904. The molecule has 0 saturated carbocycles. The standard InChI is InChI=1S/C22H34N4O3S2/c1-4-17(2)7-11-26(3)22(29)19(14-18-8-12-30-15-18)25-21(28)16-31-13-10-24-20(27)6-5-9-23/h4-6,8,12,15,19H,7,9-11,13-14,16,23H2,1-3H3,(H,24,27)(H,25,28)/b6-5?,17-4+. The maximum absolute atomic E-state index is 13.0. The Bertz CT molecular complexity index is 748. The van der Waals surface area contributed by atoms with Crippen molar-refractivity contribution in [2.75, 3.05) is 38.2 Å². The van der Waals surface area contributed by atoms with Gasteiger partial charge in [0.25, 0.3) is 0 Å². The van der Waals surface area contributed by atoms with Crippen LogP contribution in [0.25, 0.3) is 0 Å². The number of thiophene rings is 1. The topological polar surface area (TPSA) is 105 Å². The second-order valence-corrected chi connectivity index (χ2v) is 8.97. The number of carbonyl (C=O) groups excluding carboxylic acids is 3. The quantitative estimate of drug-likeness (QED) is 0.221. The second kappa shape index (κ2) is 15.7. The molecule has 0 saturated heterocycles. The highest BCUT2D eigenvalue weighted by atomic mass is 32.2. The second-order valence-electron chi connectivity index (χ2n) is 7.08. The third-order valence-corrected chi connectivity index (χ3v) is 6.24. The van der Waals surface area contributed by atoms with E-state index >= 15 is 0 Å². The van der Waals surface area contributed by atoms with Crippen molar-refractivity contribution in [3.05, 3.63) is 46.2 Å². The smallest absolute Gasteiger partial charge is 0.245 e. The van der Waals surface area contributed by atoms with Crippen LogP contribution in [0.15, 0.2) is 40.6 Å². The van der Waals surface area contributed by atoms with Crippen molar-refractivity contribution in [2.45, 2.75) is 32.7 Å². The number of hydrogen-bond acceptors (Lipinski definition) is 6. The van der Waals surface area contributed by atoms with Crippen molar-refractivity contribution in [3.63, 3.8) is 0 Å². The molecule has 3 amide bonds. The third-order valence-electron chi connectivity index (χ3n) is 4.55. The molecule has 1 atom stereocenters. The van der Waals surface area contributed by atoms with Crippen LogP contribution < -0.4 is 16.4 Å². The normalized spacial score (nSPS) is 12.6. The molecule has 1 aromatic rings. The summed E-state index contributed by atoms with van der Waals surface area (Å²) in [5.74, 6) is 0.344. The van der Waals surface area contributed by atoms with Crippen LogP contribution in [0.3, 0.4) is 0 Å². The fourth-order valence-corrected chi connectivity index (χ4v) is 3.93. The molecule has 0 radical (unpaired) electrons. The molecule has 0 fully saturated rings. The van der Waals surface area contributed by atoms with E-state index in [1.807, 2.05) is 36.7 Å². The first-order valence-corrected chi connectivity index (χ1v) is 12.4. The fraction of sp³-hybridized carbons (Fsp3) is 0.500. The Hall–Kier alpha value is -2.10. The lowest BCUT2D eigenvalue weighted by atomic mass is 10.1. The summed E-state index contributed by atoms with van der Waals surface area (Å²) in [5.41, 5.74) is 7.55. The van der Waals surface area contributed by atoms with Crippen LogP contribution in [-0.2, 0) is 20.8 Å². The first kappa shape index (κ1) is 26.9. The first-order chi connectivity index (χ1) is 14.9. The summed E-state index contributed by atoms with van der Waals surface area (Å²) < 4.78 is 0. The van der Waals surface area contributed by atoms with E-state index in [4.69, 9.17) is 5.73 Å². The molecular weight excluding hydrogens is 432 g/mol. The Kier molecular flexibility index (Phi) is 13.6. The van der Waals surface area contributed by atoms with E-state index in [1.54, 1.807) is 29.4 Å². The van der Waals surface area contributed by atoms with Crippen LogP contribution in [0, 0.1) is 0 Å². The Balaban J connectivity index is 2.52. The average molecular weight is 467 g/mol. The first-order valence-electron chi connectivity index (χ1n) is 10.3. The summed E-state index contributed by atoms with van der Waals surface area (Å²) in [5, 5.41) is 9.57. The molecule has 0 aliphatic carbocycles. The molecule has 172 valence electrons. The predicted octanol–water partition coefficient (Wildman–Crippen LogP) is 1.95. The lowest BCUT2D eigenvalue weighted by Crippen LogP contribution is -2.49. The molecule has 0 bridgehead atoms. The SMILES string of the molecule is C/C=C(\C)CCN(C)C(=O)C(Cc1ccsc1)NC(=O)CSCCNC(=O)C=CCN. The maximum Gasteiger partial charge on any atom is 0.245 e. The molecule has 0 aliphatic rings. The minimum Gasteiger partial charge on any atom is -0.352 e. The summed E-state index contributed by atoms with van der Waals surface area (Å²) in [4.78, 5) is 38.6. The molecular formula is C22H34N4O3S2. The van der Waals surface area contributed by atoms with Gasteiger partial charge in [0.1, 0.15) is 6.04 Å². The number of allylic oxidation sites excluding steroid dienone is 1. The Morgan fingerprint density at radius 3 is 2.77 bits per heavy atom. The molecule has 1 unspecified atom stereocenters. The van der Waals surface area contributed by atoms with E-state index < -0.39 is 6.04 Å². The Morgan fingerprint density at radius 1 is 1.35 bits per heavy atom. The van der Waals surface area contributed by atoms with Gasteiger partial charge in [-0.3, -0.25) is 14.4 Å². The summed E-state index contributed by atoms with van der Waals surface area (Å²) in [6, 6.07) is 1.37. The van der Waals surface area contributed by atoms with Crippen molar-refractivity contribution in [1.29, 1.82) is 0 Å². The van der Waals surface area contributed by atoms with Crippen molar-refractivity contribution >= 4 is 40.8 Å². The Labute approximate surface area is 193 Å². The highest BCUT2D eigenvalue weighted by molar-refractivity contribution is 7.99. The minimum atomic E-state index is -0.597. The van der Waals surface area contributed by atoms with Crippen molar-refractivity contribution in [1.82, 2.24) is 15.5 Å². The van der Waals surface area contributed by atoms with E-state index in [1.165, 1.54) is 23.4 Å². The molecule has 1 heterocycles. The van der Waals surface area contributed by atoms with Gasteiger partial charge in [0.2, 0.25) is 17.7 Å². The van der Waals surface area contributed by atoms with Crippen LogP contribution in [0.4, 0.5) is 0 Å². The molecule has 0 aliphatic heterocycles. The van der Waals surface area contributed by atoms with Crippen LogP contribution in [-0.4, -0.2) is 66.9 Å². The number of carbonyl (C=O) groups is 3. The lowest BCUT2D eigenvalue weighted by Gasteiger charge is -2.25. The van der Waals surface area contributed by atoms with Gasteiger partial charge in [-0.2, -0.15) is 23.1 Å². The van der Waals surface area contributed by atoms with Gasteiger partial charge in [-0.1, -0.05) is 17.7 Å². The summed E-state index contributed by atoms with van der Waals surface area (Å²) in [6.07, 6.45) is 6.29. The molecule has 7 nitrogen and oxygen atoms in total. The van der Waals surface area contributed by atoms with Crippen LogP contribution in [0.5, 0.6) is 0 Å². The summed E-state index contributed by atoms with van der Waals surface area (Å²) >= 11 is 2.98. The number of amides is 3. The van der Waals surface area contributed by atoms with E-state index in [0.29, 0.717) is 31.8 Å². The molecule has 31 heavy (non-hydrogen) atoms. The van der Waals surface area contributed by atoms with Gasteiger partial charge in [0.15, 0.2) is 0 Å². The van der Waals surface area contributed by atoms with Crippen LogP contribution in [0.1, 0.15) is 25.8 Å². The Morgan fingerprint density at radius 2 is 2.13 bits per heavy atom.